The van der Waals surface area contributed by atoms with Crippen molar-refractivity contribution in [3.8, 4) is 0 Å². The Kier molecular flexibility index (Phi) is 10.7. The van der Waals surface area contributed by atoms with E-state index in [2.05, 4.69) is 24.4 Å². The largest absolute Gasteiger partial charge is 0.352 e. The van der Waals surface area contributed by atoms with Crippen LogP contribution in [-0.4, -0.2) is 34.6 Å². The van der Waals surface area contributed by atoms with Gasteiger partial charge in [-0.25, -0.2) is 0 Å². The normalized spacial score (nSPS) is 14.6. The summed E-state index contributed by atoms with van der Waals surface area (Å²) in [6.45, 7) is 2.45. The molecular formula is C32H37ClN2O2S. The molecule has 0 aliphatic heterocycles. The molecule has 0 spiro atoms. The van der Waals surface area contributed by atoms with Gasteiger partial charge in [0.25, 0.3) is 0 Å². The third-order valence-electron chi connectivity index (χ3n) is 7.08. The van der Waals surface area contributed by atoms with Crippen molar-refractivity contribution >= 4 is 35.2 Å². The van der Waals surface area contributed by atoms with Crippen molar-refractivity contribution in [3.05, 3.63) is 106 Å². The number of aryl methyl sites for hydroxylation is 1. The van der Waals surface area contributed by atoms with Gasteiger partial charge in [-0.3, -0.25) is 9.59 Å². The summed E-state index contributed by atoms with van der Waals surface area (Å²) in [5.41, 5.74) is 4.31. The summed E-state index contributed by atoms with van der Waals surface area (Å²) in [6, 6.07) is 25.5. The molecule has 38 heavy (non-hydrogen) atoms. The first-order valence-corrected chi connectivity index (χ1v) is 15.0. The Morgan fingerprint density at radius 1 is 0.921 bits per heavy atom. The van der Waals surface area contributed by atoms with E-state index in [1.165, 1.54) is 12.0 Å². The maximum absolute atomic E-state index is 13.8. The Hall–Kier alpha value is -2.76. The number of nitrogens with one attached hydrogen (secondary N) is 1. The van der Waals surface area contributed by atoms with Crippen molar-refractivity contribution < 1.29 is 9.59 Å². The van der Waals surface area contributed by atoms with Gasteiger partial charge in [-0.15, -0.1) is 11.8 Å². The highest BCUT2D eigenvalue weighted by atomic mass is 35.5. The van der Waals surface area contributed by atoms with E-state index in [-0.39, 0.29) is 17.9 Å². The number of carbonyl (C=O) groups is 2. The van der Waals surface area contributed by atoms with E-state index in [9.17, 15) is 9.59 Å². The van der Waals surface area contributed by atoms with Gasteiger partial charge in [-0.2, -0.15) is 0 Å². The van der Waals surface area contributed by atoms with Gasteiger partial charge in [-0.1, -0.05) is 103 Å². The van der Waals surface area contributed by atoms with E-state index in [1.54, 1.807) is 16.7 Å². The number of amides is 2. The number of rotatable bonds is 11. The van der Waals surface area contributed by atoms with Crippen LogP contribution in [0.5, 0.6) is 0 Å². The second-order valence-corrected chi connectivity index (χ2v) is 11.6. The molecule has 0 heterocycles. The van der Waals surface area contributed by atoms with Gasteiger partial charge in [0.1, 0.15) is 6.04 Å². The maximum atomic E-state index is 13.8. The van der Waals surface area contributed by atoms with E-state index >= 15 is 0 Å². The molecule has 1 N–H and O–H groups in total. The van der Waals surface area contributed by atoms with Crippen LogP contribution in [-0.2, 0) is 28.3 Å². The Morgan fingerprint density at radius 2 is 1.63 bits per heavy atom. The van der Waals surface area contributed by atoms with Crippen LogP contribution >= 0.6 is 23.4 Å². The van der Waals surface area contributed by atoms with Crippen molar-refractivity contribution in [2.45, 2.75) is 69.8 Å². The first-order valence-electron chi connectivity index (χ1n) is 13.5. The van der Waals surface area contributed by atoms with Gasteiger partial charge < -0.3 is 10.2 Å². The minimum atomic E-state index is -0.583. The van der Waals surface area contributed by atoms with Crippen LogP contribution in [0, 0.1) is 6.92 Å². The Balaban J connectivity index is 1.56. The maximum Gasteiger partial charge on any atom is 0.243 e. The van der Waals surface area contributed by atoms with Crippen LogP contribution in [0.15, 0.2) is 78.9 Å². The third kappa shape index (κ3) is 8.64. The lowest BCUT2D eigenvalue weighted by Crippen LogP contribution is -2.53. The summed E-state index contributed by atoms with van der Waals surface area (Å²) in [6.07, 6.45) is 5.99. The molecule has 4 rings (SSSR count). The zero-order chi connectivity index (χ0) is 26.7. The Bertz CT molecular complexity index is 1180. The second-order valence-electron chi connectivity index (χ2n) is 10.2. The van der Waals surface area contributed by atoms with Gasteiger partial charge in [0.05, 0.1) is 5.75 Å². The fourth-order valence-corrected chi connectivity index (χ4v) is 6.02. The lowest BCUT2D eigenvalue weighted by atomic mass is 9.94. The van der Waals surface area contributed by atoms with Crippen molar-refractivity contribution in [3.63, 3.8) is 0 Å². The zero-order valence-corrected chi connectivity index (χ0v) is 23.6. The molecule has 0 unspecified atom stereocenters. The quantitative estimate of drug-likeness (QED) is 0.281. The van der Waals surface area contributed by atoms with Crippen LogP contribution in [0.2, 0.25) is 5.02 Å². The van der Waals surface area contributed by atoms with Crippen LogP contribution < -0.4 is 5.32 Å². The molecule has 0 radical (unpaired) electrons. The number of nitrogens with zero attached hydrogens (tertiary/aromatic N) is 1. The van der Waals surface area contributed by atoms with Gasteiger partial charge in [0.2, 0.25) is 11.8 Å². The molecule has 0 saturated heterocycles. The number of benzene rings is 3. The van der Waals surface area contributed by atoms with Crippen molar-refractivity contribution in [1.82, 2.24) is 10.2 Å². The molecule has 200 valence electrons. The van der Waals surface area contributed by atoms with E-state index in [4.69, 9.17) is 11.6 Å². The predicted octanol–water partition coefficient (Wildman–Crippen LogP) is 6.97. The van der Waals surface area contributed by atoms with Crippen LogP contribution in [0.3, 0.4) is 0 Å². The van der Waals surface area contributed by atoms with E-state index in [0.29, 0.717) is 29.5 Å². The fraction of sp³-hybridized carbons (Fsp3) is 0.375. The molecule has 1 saturated carbocycles. The minimum absolute atomic E-state index is 0.0303. The van der Waals surface area contributed by atoms with Gasteiger partial charge in [-0.05, 0) is 48.6 Å². The molecule has 0 bridgehead atoms. The number of thioether (sulfide) groups is 1. The summed E-state index contributed by atoms with van der Waals surface area (Å²) >= 11 is 7.70. The fourth-order valence-electron chi connectivity index (χ4n) is 4.95. The first-order chi connectivity index (χ1) is 18.5. The molecule has 3 aromatic rings. The smallest absolute Gasteiger partial charge is 0.243 e. The average Bonchev–Trinajstić information content (AvgIpc) is 2.93. The van der Waals surface area contributed by atoms with E-state index in [0.717, 1.165) is 42.4 Å². The standard InChI is InChI=1S/C32H37ClN2O2S/c1-24-15-17-26(18-16-24)21-35(31(36)23-38-22-27-11-8-12-28(33)19-27)30(20-25-9-4-2-5-10-25)32(37)34-29-13-6-3-7-14-29/h2,4-5,8-12,15-19,29-30H,3,6-7,13-14,20-23H2,1H3,(H,34,37)/t30-/m0/s1. The van der Waals surface area contributed by atoms with Gasteiger partial charge in [0, 0.05) is 29.8 Å². The number of hydrogen-bond donors (Lipinski definition) is 1. The SMILES string of the molecule is Cc1ccc(CN(C(=O)CSCc2cccc(Cl)c2)[C@@H](Cc2ccccc2)C(=O)NC2CCCCC2)cc1. The molecule has 4 nitrogen and oxygen atoms in total. The lowest BCUT2D eigenvalue weighted by Gasteiger charge is -2.33. The number of halogens is 1. The Labute approximate surface area is 236 Å². The van der Waals surface area contributed by atoms with Gasteiger partial charge >= 0.3 is 0 Å². The molecule has 1 aliphatic rings. The molecule has 1 atom stereocenters. The summed E-state index contributed by atoms with van der Waals surface area (Å²) in [5.74, 6) is 0.890. The summed E-state index contributed by atoms with van der Waals surface area (Å²) in [4.78, 5) is 29.4. The van der Waals surface area contributed by atoms with Crippen molar-refractivity contribution in [1.29, 1.82) is 0 Å². The topological polar surface area (TPSA) is 49.4 Å². The molecule has 1 aliphatic carbocycles. The predicted molar refractivity (Wildman–Crippen MR) is 158 cm³/mol. The molecule has 3 aromatic carbocycles. The van der Waals surface area contributed by atoms with E-state index < -0.39 is 6.04 Å². The highest BCUT2D eigenvalue weighted by Crippen LogP contribution is 2.22. The molecule has 1 fully saturated rings. The molecular weight excluding hydrogens is 512 g/mol. The first kappa shape index (κ1) is 28.3. The Morgan fingerprint density at radius 3 is 2.34 bits per heavy atom. The van der Waals surface area contributed by atoms with Crippen LogP contribution in [0.25, 0.3) is 0 Å². The van der Waals surface area contributed by atoms with Gasteiger partial charge in [0.15, 0.2) is 0 Å². The number of carbonyl (C=O) groups excluding carboxylic acids is 2. The summed E-state index contributed by atoms with van der Waals surface area (Å²) < 4.78 is 0. The summed E-state index contributed by atoms with van der Waals surface area (Å²) in [7, 11) is 0. The monoisotopic (exact) mass is 548 g/mol. The molecule has 2 amide bonds. The second kappa shape index (κ2) is 14.4. The minimum Gasteiger partial charge on any atom is -0.352 e. The van der Waals surface area contributed by atoms with Crippen LogP contribution in [0.1, 0.15) is 54.4 Å². The van der Waals surface area contributed by atoms with Crippen molar-refractivity contribution in [2.24, 2.45) is 0 Å². The van der Waals surface area contributed by atoms with E-state index in [1.807, 2.05) is 66.7 Å². The van der Waals surface area contributed by atoms with Crippen LogP contribution in [0.4, 0.5) is 0 Å². The zero-order valence-electron chi connectivity index (χ0n) is 22.1. The lowest BCUT2D eigenvalue weighted by molar-refractivity contribution is -0.139. The van der Waals surface area contributed by atoms with Crippen molar-refractivity contribution in [2.75, 3.05) is 5.75 Å². The number of hydrogen-bond acceptors (Lipinski definition) is 3. The molecule has 6 heteroatoms. The third-order valence-corrected chi connectivity index (χ3v) is 8.30. The molecule has 0 aromatic heterocycles. The average molecular weight is 549 g/mol. The highest BCUT2D eigenvalue weighted by molar-refractivity contribution is 7.99. The highest BCUT2D eigenvalue weighted by Gasteiger charge is 2.31. The summed E-state index contributed by atoms with van der Waals surface area (Å²) in [5, 5.41) is 4.00.